The molecule has 0 atom stereocenters. The summed E-state index contributed by atoms with van der Waals surface area (Å²) in [6, 6.07) is 3.74. The van der Waals surface area contributed by atoms with Crippen LogP contribution >= 0.6 is 0 Å². The van der Waals surface area contributed by atoms with E-state index in [0.29, 0.717) is 13.1 Å². The summed E-state index contributed by atoms with van der Waals surface area (Å²) in [7, 11) is 3.73. The van der Waals surface area contributed by atoms with Crippen LogP contribution in [0.25, 0.3) is 0 Å². The van der Waals surface area contributed by atoms with E-state index >= 15 is 0 Å². The van der Waals surface area contributed by atoms with Gasteiger partial charge in [-0.05, 0) is 43.5 Å². The largest absolute Gasteiger partial charge is 0.338 e. The summed E-state index contributed by atoms with van der Waals surface area (Å²) in [4.78, 5) is 17.7. The summed E-state index contributed by atoms with van der Waals surface area (Å²) in [6.45, 7) is 5.22. The molecule has 2 aromatic heterocycles. The summed E-state index contributed by atoms with van der Waals surface area (Å²) in [5.41, 5.74) is 4.45. The van der Waals surface area contributed by atoms with Gasteiger partial charge in [-0.25, -0.2) is 4.79 Å². The Morgan fingerprint density at radius 2 is 2.00 bits per heavy atom. The van der Waals surface area contributed by atoms with Gasteiger partial charge in [-0.3, -0.25) is 9.67 Å². The fourth-order valence-corrected chi connectivity index (χ4v) is 2.44. The molecule has 0 unspecified atom stereocenters. The van der Waals surface area contributed by atoms with Crippen molar-refractivity contribution in [2.45, 2.75) is 26.8 Å². The van der Waals surface area contributed by atoms with Crippen molar-refractivity contribution in [2.75, 3.05) is 13.6 Å². The third-order valence-electron chi connectivity index (χ3n) is 3.83. The predicted molar refractivity (Wildman–Crippen MR) is 85.5 cm³/mol. The molecule has 6 nitrogen and oxygen atoms in total. The van der Waals surface area contributed by atoms with Crippen LogP contribution in [-0.4, -0.2) is 39.3 Å². The maximum atomic E-state index is 12.1. The first kappa shape index (κ1) is 16.0. The summed E-state index contributed by atoms with van der Waals surface area (Å²) >= 11 is 0. The van der Waals surface area contributed by atoms with Crippen molar-refractivity contribution < 1.29 is 4.79 Å². The molecule has 2 aromatic rings. The zero-order chi connectivity index (χ0) is 16.1. The molecule has 1 N–H and O–H groups in total. The van der Waals surface area contributed by atoms with Crippen LogP contribution in [0.3, 0.4) is 0 Å². The molecule has 0 spiro atoms. The maximum absolute atomic E-state index is 12.1. The molecule has 0 radical (unpaired) electrons. The van der Waals surface area contributed by atoms with Gasteiger partial charge in [0.1, 0.15) is 0 Å². The normalized spacial score (nSPS) is 10.5. The second kappa shape index (κ2) is 7.06. The number of nitrogens with one attached hydrogen (secondary N) is 1. The number of urea groups is 1. The molecular formula is C16H23N5O. The summed E-state index contributed by atoms with van der Waals surface area (Å²) < 4.78 is 1.88. The number of hydrogen-bond donors (Lipinski definition) is 1. The maximum Gasteiger partial charge on any atom is 0.317 e. The summed E-state index contributed by atoms with van der Waals surface area (Å²) in [6.07, 6.45) is 4.25. The van der Waals surface area contributed by atoms with E-state index in [1.54, 1.807) is 24.3 Å². The molecule has 0 saturated heterocycles. The van der Waals surface area contributed by atoms with Gasteiger partial charge < -0.3 is 10.2 Å². The first-order valence-corrected chi connectivity index (χ1v) is 7.36. The topological polar surface area (TPSA) is 63.1 Å². The van der Waals surface area contributed by atoms with Crippen molar-refractivity contribution in [3.8, 4) is 0 Å². The number of aryl methyl sites for hydroxylation is 2. The van der Waals surface area contributed by atoms with Crippen molar-refractivity contribution in [2.24, 2.45) is 7.05 Å². The number of rotatable bonds is 5. The molecular weight excluding hydrogens is 278 g/mol. The Balaban J connectivity index is 1.82. The molecule has 0 aliphatic carbocycles. The third-order valence-corrected chi connectivity index (χ3v) is 3.83. The van der Waals surface area contributed by atoms with Gasteiger partial charge in [-0.15, -0.1) is 0 Å². The lowest BCUT2D eigenvalue weighted by molar-refractivity contribution is 0.207. The molecule has 0 fully saturated rings. The standard InChI is InChI=1S/C16H23N5O/c1-12-15(13(2)21(4)19-12)7-10-18-16(22)20(3)11-14-5-8-17-9-6-14/h5-6,8-9H,7,10-11H2,1-4H3,(H,18,22). The van der Waals surface area contributed by atoms with E-state index in [1.165, 1.54) is 5.56 Å². The monoisotopic (exact) mass is 301 g/mol. The van der Waals surface area contributed by atoms with Crippen molar-refractivity contribution in [1.29, 1.82) is 0 Å². The zero-order valence-electron chi connectivity index (χ0n) is 13.6. The number of nitrogens with zero attached hydrogens (tertiary/aromatic N) is 4. The number of aromatic nitrogens is 3. The average molecular weight is 301 g/mol. The van der Waals surface area contributed by atoms with Gasteiger partial charge >= 0.3 is 6.03 Å². The van der Waals surface area contributed by atoms with E-state index < -0.39 is 0 Å². The van der Waals surface area contributed by atoms with Crippen molar-refractivity contribution >= 4 is 6.03 Å². The molecule has 22 heavy (non-hydrogen) atoms. The molecule has 2 rings (SSSR count). The number of carbonyl (C=O) groups is 1. The molecule has 2 heterocycles. The molecule has 0 aliphatic rings. The highest BCUT2D eigenvalue weighted by atomic mass is 16.2. The molecule has 0 bridgehead atoms. The van der Waals surface area contributed by atoms with E-state index in [0.717, 1.165) is 23.4 Å². The van der Waals surface area contributed by atoms with Crippen LogP contribution in [0.5, 0.6) is 0 Å². The van der Waals surface area contributed by atoms with E-state index in [4.69, 9.17) is 0 Å². The first-order chi connectivity index (χ1) is 10.5. The number of hydrogen-bond acceptors (Lipinski definition) is 3. The quantitative estimate of drug-likeness (QED) is 0.916. The summed E-state index contributed by atoms with van der Waals surface area (Å²) in [5, 5.41) is 7.34. The van der Waals surface area contributed by atoms with Gasteiger partial charge in [-0.1, -0.05) is 0 Å². The lowest BCUT2D eigenvalue weighted by Crippen LogP contribution is -2.37. The minimum Gasteiger partial charge on any atom is -0.338 e. The van der Waals surface area contributed by atoms with E-state index in [9.17, 15) is 4.79 Å². The van der Waals surface area contributed by atoms with Crippen molar-refractivity contribution in [3.05, 3.63) is 47.0 Å². The van der Waals surface area contributed by atoms with E-state index in [1.807, 2.05) is 37.7 Å². The predicted octanol–water partition coefficient (Wildman–Crippen LogP) is 1.82. The number of carbonyl (C=O) groups excluding carboxylic acids is 1. The van der Waals surface area contributed by atoms with E-state index in [-0.39, 0.29) is 6.03 Å². The van der Waals surface area contributed by atoms with Gasteiger partial charge in [0.15, 0.2) is 0 Å². The van der Waals surface area contributed by atoms with E-state index in [2.05, 4.69) is 15.4 Å². The van der Waals surface area contributed by atoms with Crippen molar-refractivity contribution in [3.63, 3.8) is 0 Å². The summed E-state index contributed by atoms with van der Waals surface area (Å²) in [5.74, 6) is 0. The van der Waals surface area contributed by atoms with Crippen molar-refractivity contribution in [1.82, 2.24) is 25.0 Å². The minimum atomic E-state index is -0.0731. The number of pyridine rings is 1. The highest BCUT2D eigenvalue weighted by molar-refractivity contribution is 5.73. The SMILES string of the molecule is Cc1nn(C)c(C)c1CCNC(=O)N(C)Cc1ccncc1. The van der Waals surface area contributed by atoms with Crippen LogP contribution in [0.4, 0.5) is 4.79 Å². The molecule has 0 aliphatic heterocycles. The fourth-order valence-electron chi connectivity index (χ4n) is 2.44. The lowest BCUT2D eigenvalue weighted by Gasteiger charge is -2.18. The second-order valence-corrected chi connectivity index (χ2v) is 5.47. The molecule has 118 valence electrons. The molecule has 0 aromatic carbocycles. The highest BCUT2D eigenvalue weighted by Crippen LogP contribution is 2.11. The third kappa shape index (κ3) is 3.84. The highest BCUT2D eigenvalue weighted by Gasteiger charge is 2.11. The van der Waals surface area contributed by atoms with Crippen LogP contribution < -0.4 is 5.32 Å². The van der Waals surface area contributed by atoms with Gasteiger partial charge in [0.2, 0.25) is 0 Å². The Morgan fingerprint density at radius 1 is 1.32 bits per heavy atom. The van der Waals surface area contributed by atoms with Crippen LogP contribution in [0, 0.1) is 13.8 Å². The second-order valence-electron chi connectivity index (χ2n) is 5.47. The van der Waals surface area contributed by atoms with Gasteiger partial charge in [0, 0.05) is 45.3 Å². The smallest absolute Gasteiger partial charge is 0.317 e. The Bertz CT molecular complexity index is 635. The number of amides is 2. The Morgan fingerprint density at radius 3 is 2.59 bits per heavy atom. The van der Waals surface area contributed by atoms with Gasteiger partial charge in [0.25, 0.3) is 0 Å². The van der Waals surface area contributed by atoms with Crippen LogP contribution in [-0.2, 0) is 20.0 Å². The Kier molecular flexibility index (Phi) is 5.14. The fraction of sp³-hybridized carbons (Fsp3) is 0.438. The van der Waals surface area contributed by atoms with Gasteiger partial charge in [0.05, 0.1) is 5.69 Å². The zero-order valence-corrected chi connectivity index (χ0v) is 13.6. The van der Waals surface area contributed by atoms with Crippen LogP contribution in [0.15, 0.2) is 24.5 Å². The lowest BCUT2D eigenvalue weighted by atomic mass is 10.1. The first-order valence-electron chi connectivity index (χ1n) is 7.36. The Hall–Kier alpha value is -2.37. The Labute approximate surface area is 131 Å². The molecule has 6 heteroatoms. The van der Waals surface area contributed by atoms with Gasteiger partial charge in [-0.2, -0.15) is 5.10 Å². The molecule has 2 amide bonds. The van der Waals surface area contributed by atoms with Crippen LogP contribution in [0.2, 0.25) is 0 Å². The minimum absolute atomic E-state index is 0.0731. The molecule has 0 saturated carbocycles. The van der Waals surface area contributed by atoms with Crippen LogP contribution in [0.1, 0.15) is 22.5 Å². The average Bonchev–Trinajstić information content (AvgIpc) is 2.74.